The smallest absolute Gasteiger partial charge is 0.334 e. The Bertz CT molecular complexity index is 504. The third kappa shape index (κ3) is 2.16. The van der Waals surface area contributed by atoms with Gasteiger partial charge < -0.3 is 14.6 Å². The summed E-state index contributed by atoms with van der Waals surface area (Å²) in [5.74, 6) is -1.02. The fraction of sp³-hybridized carbons (Fsp3) is 0.600. The van der Waals surface area contributed by atoms with E-state index in [1.807, 2.05) is 12.2 Å². The molecule has 0 aromatic rings. The zero-order chi connectivity index (χ0) is 14.3. The van der Waals surface area contributed by atoms with Crippen molar-refractivity contribution in [1.29, 1.82) is 0 Å². The highest BCUT2D eigenvalue weighted by Crippen LogP contribution is 2.39. The Morgan fingerprint density at radius 3 is 2.90 bits per heavy atom. The number of esters is 2. The van der Waals surface area contributed by atoms with Crippen LogP contribution in [0.15, 0.2) is 23.3 Å². The highest BCUT2D eigenvalue weighted by Gasteiger charge is 2.49. The summed E-state index contributed by atoms with van der Waals surface area (Å²) < 4.78 is 10.8. The van der Waals surface area contributed by atoms with Gasteiger partial charge in [-0.2, -0.15) is 0 Å². The molecule has 0 aromatic carbocycles. The topological polar surface area (TPSA) is 72.8 Å². The molecular weight excluding hydrogens is 260 g/mol. The Morgan fingerprint density at radius 2 is 2.15 bits per heavy atom. The molecule has 0 aromatic heterocycles. The van der Waals surface area contributed by atoms with E-state index in [-0.39, 0.29) is 36.5 Å². The summed E-state index contributed by atoms with van der Waals surface area (Å²) in [7, 11) is 0. The number of fused-ring (bicyclic) bond motifs is 4. The number of aliphatic hydroxyl groups excluding tert-OH is 1. The lowest BCUT2D eigenvalue weighted by molar-refractivity contribution is -0.143. The quantitative estimate of drug-likeness (QED) is 0.575. The molecule has 2 fully saturated rings. The molecule has 2 heterocycles. The van der Waals surface area contributed by atoms with Gasteiger partial charge in [-0.3, -0.25) is 4.79 Å². The Kier molecular flexibility index (Phi) is 3.38. The van der Waals surface area contributed by atoms with Crippen molar-refractivity contribution in [2.24, 2.45) is 11.8 Å². The summed E-state index contributed by atoms with van der Waals surface area (Å²) in [5.41, 5.74) is 1.52. The van der Waals surface area contributed by atoms with Crippen LogP contribution in [0.1, 0.15) is 26.2 Å². The predicted molar refractivity (Wildman–Crippen MR) is 69.5 cm³/mol. The SMILES string of the molecule is CC1C(=O)OC2C=C(CO)CCC=C3CC(OC3=O)C21. The lowest BCUT2D eigenvalue weighted by atomic mass is 9.83. The molecule has 0 amide bonds. The minimum atomic E-state index is -0.408. The lowest BCUT2D eigenvalue weighted by Crippen LogP contribution is -2.31. The Balaban J connectivity index is 1.98. The van der Waals surface area contributed by atoms with Gasteiger partial charge in [0.05, 0.1) is 18.4 Å². The van der Waals surface area contributed by atoms with Crippen molar-refractivity contribution < 1.29 is 24.2 Å². The normalized spacial score (nSPS) is 36.7. The fourth-order valence-corrected chi connectivity index (χ4v) is 3.26. The fourth-order valence-electron chi connectivity index (χ4n) is 3.26. The van der Waals surface area contributed by atoms with Gasteiger partial charge in [-0.05, 0) is 24.5 Å². The highest BCUT2D eigenvalue weighted by atomic mass is 16.6. The molecule has 3 rings (SSSR count). The number of hydrogen-bond acceptors (Lipinski definition) is 5. The second kappa shape index (κ2) is 5.05. The van der Waals surface area contributed by atoms with Crippen LogP contribution in [0.25, 0.3) is 0 Å². The van der Waals surface area contributed by atoms with E-state index in [9.17, 15) is 14.7 Å². The molecule has 0 saturated carbocycles. The number of carbonyl (C=O) groups excluding carboxylic acids is 2. The van der Waals surface area contributed by atoms with Crippen molar-refractivity contribution in [3.63, 3.8) is 0 Å². The summed E-state index contributed by atoms with van der Waals surface area (Å²) in [6, 6.07) is 0. The van der Waals surface area contributed by atoms with Crippen LogP contribution in [0.5, 0.6) is 0 Å². The first kappa shape index (κ1) is 13.4. The van der Waals surface area contributed by atoms with Gasteiger partial charge in [0.25, 0.3) is 0 Å². The average Bonchev–Trinajstić information content (AvgIpc) is 2.90. The van der Waals surface area contributed by atoms with Gasteiger partial charge in [-0.15, -0.1) is 0 Å². The van der Waals surface area contributed by atoms with Crippen LogP contribution in [0.4, 0.5) is 0 Å². The molecule has 1 N–H and O–H groups in total. The van der Waals surface area contributed by atoms with Crippen molar-refractivity contribution in [2.45, 2.75) is 38.4 Å². The van der Waals surface area contributed by atoms with Crippen LogP contribution in [-0.2, 0) is 19.1 Å². The minimum Gasteiger partial charge on any atom is -0.458 e. The van der Waals surface area contributed by atoms with Crippen molar-refractivity contribution >= 4 is 11.9 Å². The van der Waals surface area contributed by atoms with Crippen LogP contribution in [0.2, 0.25) is 0 Å². The van der Waals surface area contributed by atoms with E-state index < -0.39 is 6.10 Å². The van der Waals surface area contributed by atoms with E-state index in [0.29, 0.717) is 24.8 Å². The lowest BCUT2D eigenvalue weighted by Gasteiger charge is -2.23. The average molecular weight is 278 g/mol. The number of ether oxygens (including phenoxy) is 2. The maximum absolute atomic E-state index is 11.8. The van der Waals surface area contributed by atoms with Gasteiger partial charge in [0.2, 0.25) is 0 Å². The number of allylic oxidation sites excluding steroid dienone is 1. The van der Waals surface area contributed by atoms with E-state index in [1.165, 1.54) is 0 Å². The summed E-state index contributed by atoms with van der Waals surface area (Å²) in [6.45, 7) is 1.75. The summed E-state index contributed by atoms with van der Waals surface area (Å²) in [4.78, 5) is 23.7. The van der Waals surface area contributed by atoms with Crippen molar-refractivity contribution in [3.8, 4) is 0 Å². The summed E-state index contributed by atoms with van der Waals surface area (Å²) in [6.07, 6.45) is 4.89. The molecular formula is C15H18O5. The zero-order valence-electron chi connectivity index (χ0n) is 11.4. The molecule has 2 aliphatic heterocycles. The monoisotopic (exact) mass is 278 g/mol. The first-order chi connectivity index (χ1) is 9.60. The maximum atomic E-state index is 11.8. The van der Waals surface area contributed by atoms with E-state index in [4.69, 9.17) is 9.47 Å². The zero-order valence-corrected chi connectivity index (χ0v) is 11.4. The minimum absolute atomic E-state index is 0.0577. The van der Waals surface area contributed by atoms with Crippen molar-refractivity contribution in [3.05, 3.63) is 23.3 Å². The van der Waals surface area contributed by atoms with E-state index in [0.717, 1.165) is 5.57 Å². The standard InChI is InChI=1S/C15H18O5/c1-8-13-11(19-14(8)17)5-9(7-16)3-2-4-10-6-12(13)20-15(10)18/h4-5,8,11-13,16H,2-3,6-7H2,1H3. The second-order valence-corrected chi connectivity index (χ2v) is 5.67. The van der Waals surface area contributed by atoms with Crippen LogP contribution in [-0.4, -0.2) is 35.9 Å². The maximum Gasteiger partial charge on any atom is 0.334 e. The van der Waals surface area contributed by atoms with Crippen LogP contribution in [0, 0.1) is 11.8 Å². The van der Waals surface area contributed by atoms with Crippen LogP contribution < -0.4 is 0 Å². The Morgan fingerprint density at radius 1 is 1.35 bits per heavy atom. The number of carbonyl (C=O) groups is 2. The molecule has 2 bridgehead atoms. The molecule has 5 heteroatoms. The van der Waals surface area contributed by atoms with E-state index in [2.05, 4.69) is 0 Å². The van der Waals surface area contributed by atoms with Crippen LogP contribution in [0.3, 0.4) is 0 Å². The van der Waals surface area contributed by atoms with Crippen molar-refractivity contribution in [2.75, 3.05) is 6.61 Å². The van der Waals surface area contributed by atoms with Gasteiger partial charge in [0.1, 0.15) is 12.2 Å². The van der Waals surface area contributed by atoms with Gasteiger partial charge >= 0.3 is 11.9 Å². The third-order valence-corrected chi connectivity index (χ3v) is 4.41. The molecule has 1 aliphatic carbocycles. The van der Waals surface area contributed by atoms with Crippen LogP contribution >= 0.6 is 0 Å². The molecule has 3 aliphatic rings. The summed E-state index contributed by atoms with van der Waals surface area (Å²) >= 11 is 0. The van der Waals surface area contributed by atoms with Gasteiger partial charge in [0.15, 0.2) is 0 Å². The van der Waals surface area contributed by atoms with E-state index in [1.54, 1.807) is 6.92 Å². The molecule has 108 valence electrons. The first-order valence-electron chi connectivity index (χ1n) is 7.01. The first-order valence-corrected chi connectivity index (χ1v) is 7.01. The molecule has 0 radical (unpaired) electrons. The molecule has 20 heavy (non-hydrogen) atoms. The molecule has 4 unspecified atom stereocenters. The van der Waals surface area contributed by atoms with Gasteiger partial charge in [-0.1, -0.05) is 13.0 Å². The second-order valence-electron chi connectivity index (χ2n) is 5.67. The highest BCUT2D eigenvalue weighted by molar-refractivity contribution is 5.91. The van der Waals surface area contributed by atoms with E-state index >= 15 is 0 Å². The Hall–Kier alpha value is -1.62. The van der Waals surface area contributed by atoms with Gasteiger partial charge in [0, 0.05) is 12.0 Å². The Labute approximate surface area is 117 Å². The predicted octanol–water partition coefficient (Wildman–Crippen LogP) is 1.12. The number of hydrogen-bond donors (Lipinski definition) is 1. The number of aliphatic hydroxyl groups is 1. The molecule has 2 saturated heterocycles. The number of rotatable bonds is 1. The molecule has 5 nitrogen and oxygen atoms in total. The summed E-state index contributed by atoms with van der Waals surface area (Å²) in [5, 5.41) is 9.39. The van der Waals surface area contributed by atoms with Crippen molar-refractivity contribution in [1.82, 2.24) is 0 Å². The molecule has 0 spiro atoms. The largest absolute Gasteiger partial charge is 0.458 e. The molecule has 4 atom stereocenters. The van der Waals surface area contributed by atoms with Gasteiger partial charge in [-0.25, -0.2) is 4.79 Å². The third-order valence-electron chi connectivity index (χ3n) is 4.41.